The molecule has 0 atom stereocenters. The van der Waals surface area contributed by atoms with Gasteiger partial charge >= 0.3 is 0 Å². The summed E-state index contributed by atoms with van der Waals surface area (Å²) in [7, 11) is 0. The van der Waals surface area contributed by atoms with Gasteiger partial charge in [-0.15, -0.1) is 0 Å². The van der Waals surface area contributed by atoms with Crippen molar-refractivity contribution in [3.63, 3.8) is 0 Å². The van der Waals surface area contributed by atoms with Crippen LogP contribution in [0, 0.1) is 0 Å². The highest BCUT2D eigenvalue weighted by Gasteiger charge is 2.22. The van der Waals surface area contributed by atoms with Crippen molar-refractivity contribution in [3.05, 3.63) is 53.3 Å². The molecule has 3 heteroatoms. The Hall–Kier alpha value is -1.61. The molecule has 0 unspecified atom stereocenters. The molecule has 1 heterocycles. The van der Waals surface area contributed by atoms with Crippen molar-refractivity contribution in [3.8, 4) is 0 Å². The van der Waals surface area contributed by atoms with E-state index in [2.05, 4.69) is 59.3 Å². The molecular formula is C17H23N3. The van der Waals surface area contributed by atoms with E-state index in [0.717, 1.165) is 19.1 Å². The van der Waals surface area contributed by atoms with Gasteiger partial charge in [-0.05, 0) is 24.3 Å². The van der Waals surface area contributed by atoms with Gasteiger partial charge in [0.1, 0.15) is 0 Å². The van der Waals surface area contributed by atoms with Crippen LogP contribution in [0.5, 0.6) is 0 Å². The summed E-state index contributed by atoms with van der Waals surface area (Å²) < 4.78 is 2.16. The SMILES string of the molecule is CC(C)c1c(CNC2CC2)cnn1Cc1ccccc1. The normalized spacial score (nSPS) is 14.9. The van der Waals surface area contributed by atoms with Crippen molar-refractivity contribution < 1.29 is 0 Å². The molecule has 0 amide bonds. The van der Waals surface area contributed by atoms with Gasteiger partial charge in [-0.25, -0.2) is 0 Å². The minimum absolute atomic E-state index is 0.497. The van der Waals surface area contributed by atoms with E-state index in [9.17, 15) is 0 Å². The Bertz CT molecular complexity index is 553. The van der Waals surface area contributed by atoms with E-state index < -0.39 is 0 Å². The molecule has 1 aliphatic rings. The first-order chi connectivity index (χ1) is 9.74. The van der Waals surface area contributed by atoms with Crippen molar-refractivity contribution in [2.24, 2.45) is 0 Å². The van der Waals surface area contributed by atoms with Gasteiger partial charge in [-0.3, -0.25) is 4.68 Å². The first kappa shape index (κ1) is 13.4. The first-order valence-electron chi connectivity index (χ1n) is 7.56. The molecule has 0 aliphatic heterocycles. The molecule has 2 aromatic rings. The second-order valence-corrected chi connectivity index (χ2v) is 6.01. The lowest BCUT2D eigenvalue weighted by atomic mass is 10.1. The minimum Gasteiger partial charge on any atom is -0.310 e. The Morgan fingerprint density at radius 1 is 1.25 bits per heavy atom. The fourth-order valence-electron chi connectivity index (χ4n) is 2.66. The van der Waals surface area contributed by atoms with Crippen LogP contribution in [0.2, 0.25) is 0 Å². The Kier molecular flexibility index (Phi) is 3.88. The maximum atomic E-state index is 4.61. The summed E-state index contributed by atoms with van der Waals surface area (Å²) in [6, 6.07) is 11.3. The zero-order valence-corrected chi connectivity index (χ0v) is 12.3. The summed E-state index contributed by atoms with van der Waals surface area (Å²) in [5.41, 5.74) is 4.02. The Labute approximate surface area is 121 Å². The fourth-order valence-corrected chi connectivity index (χ4v) is 2.66. The molecule has 1 fully saturated rings. The van der Waals surface area contributed by atoms with Gasteiger partial charge < -0.3 is 5.32 Å². The van der Waals surface area contributed by atoms with Crippen molar-refractivity contribution in [2.45, 2.75) is 51.7 Å². The highest BCUT2D eigenvalue weighted by atomic mass is 15.3. The molecule has 0 bridgehead atoms. The summed E-state index contributed by atoms with van der Waals surface area (Å²) in [5.74, 6) is 0.497. The molecule has 0 radical (unpaired) electrons. The smallest absolute Gasteiger partial charge is 0.0662 e. The standard InChI is InChI=1S/C17H23N3/c1-13(2)17-15(10-18-16-8-9-16)11-19-20(17)12-14-6-4-3-5-7-14/h3-7,11,13,16,18H,8-10,12H2,1-2H3. The molecule has 106 valence electrons. The maximum absolute atomic E-state index is 4.61. The van der Waals surface area contributed by atoms with Crippen LogP contribution in [0.3, 0.4) is 0 Å². The third kappa shape index (κ3) is 3.10. The fraction of sp³-hybridized carbons (Fsp3) is 0.471. The predicted octanol–water partition coefficient (Wildman–Crippen LogP) is 3.31. The lowest BCUT2D eigenvalue weighted by molar-refractivity contribution is 0.606. The van der Waals surface area contributed by atoms with Gasteiger partial charge in [0, 0.05) is 23.8 Å². The summed E-state index contributed by atoms with van der Waals surface area (Å²) >= 11 is 0. The number of benzene rings is 1. The highest BCUT2D eigenvalue weighted by molar-refractivity contribution is 5.23. The summed E-state index contributed by atoms with van der Waals surface area (Å²) in [6.45, 7) is 6.31. The Morgan fingerprint density at radius 2 is 2.00 bits per heavy atom. The first-order valence-corrected chi connectivity index (χ1v) is 7.56. The van der Waals surface area contributed by atoms with Crippen LogP contribution in [0.15, 0.2) is 36.5 Å². The quantitative estimate of drug-likeness (QED) is 0.872. The van der Waals surface area contributed by atoms with Crippen LogP contribution in [0.4, 0.5) is 0 Å². The number of nitrogens with zero attached hydrogens (tertiary/aromatic N) is 2. The number of hydrogen-bond acceptors (Lipinski definition) is 2. The van der Waals surface area contributed by atoms with E-state index >= 15 is 0 Å². The molecule has 0 saturated heterocycles. The topological polar surface area (TPSA) is 29.9 Å². The molecule has 1 aromatic carbocycles. The van der Waals surface area contributed by atoms with E-state index in [1.54, 1.807) is 0 Å². The number of hydrogen-bond donors (Lipinski definition) is 1. The van der Waals surface area contributed by atoms with Gasteiger partial charge in [0.15, 0.2) is 0 Å². The van der Waals surface area contributed by atoms with Gasteiger partial charge in [0.2, 0.25) is 0 Å². The zero-order chi connectivity index (χ0) is 13.9. The second kappa shape index (κ2) is 5.80. The van der Waals surface area contributed by atoms with Gasteiger partial charge in [-0.2, -0.15) is 5.10 Å². The average Bonchev–Trinajstić information content (AvgIpc) is 3.18. The van der Waals surface area contributed by atoms with Gasteiger partial charge in [0.05, 0.1) is 12.7 Å². The van der Waals surface area contributed by atoms with E-state index in [0.29, 0.717) is 5.92 Å². The maximum Gasteiger partial charge on any atom is 0.0662 e. The van der Waals surface area contributed by atoms with Crippen LogP contribution in [0.25, 0.3) is 0 Å². The summed E-state index contributed by atoms with van der Waals surface area (Å²) in [4.78, 5) is 0. The third-order valence-electron chi connectivity index (χ3n) is 3.84. The van der Waals surface area contributed by atoms with Gasteiger partial charge in [-0.1, -0.05) is 44.2 Å². The monoisotopic (exact) mass is 269 g/mol. The van der Waals surface area contributed by atoms with E-state index in [1.165, 1.54) is 29.7 Å². The summed E-state index contributed by atoms with van der Waals surface area (Å²) in [5, 5.41) is 8.20. The number of rotatable bonds is 6. The van der Waals surface area contributed by atoms with Crippen LogP contribution >= 0.6 is 0 Å². The Balaban J connectivity index is 1.78. The minimum atomic E-state index is 0.497. The van der Waals surface area contributed by atoms with Crippen LogP contribution in [-0.4, -0.2) is 15.8 Å². The Morgan fingerprint density at radius 3 is 2.65 bits per heavy atom. The van der Waals surface area contributed by atoms with Gasteiger partial charge in [0.25, 0.3) is 0 Å². The van der Waals surface area contributed by atoms with Crippen molar-refractivity contribution in [2.75, 3.05) is 0 Å². The third-order valence-corrected chi connectivity index (χ3v) is 3.84. The number of nitrogens with one attached hydrogen (secondary N) is 1. The average molecular weight is 269 g/mol. The van der Waals surface area contributed by atoms with Crippen molar-refractivity contribution in [1.82, 2.24) is 15.1 Å². The molecular weight excluding hydrogens is 246 g/mol. The predicted molar refractivity (Wildman–Crippen MR) is 81.7 cm³/mol. The van der Waals surface area contributed by atoms with Crippen LogP contribution in [0.1, 0.15) is 49.4 Å². The molecule has 3 rings (SSSR count). The molecule has 0 spiro atoms. The molecule has 20 heavy (non-hydrogen) atoms. The summed E-state index contributed by atoms with van der Waals surface area (Å²) in [6.07, 6.45) is 4.69. The lowest BCUT2D eigenvalue weighted by Gasteiger charge is -2.13. The van der Waals surface area contributed by atoms with E-state index in [-0.39, 0.29) is 0 Å². The second-order valence-electron chi connectivity index (χ2n) is 6.01. The molecule has 1 N–H and O–H groups in total. The van der Waals surface area contributed by atoms with Crippen molar-refractivity contribution >= 4 is 0 Å². The molecule has 1 aliphatic carbocycles. The zero-order valence-electron chi connectivity index (χ0n) is 12.3. The molecule has 1 aromatic heterocycles. The highest BCUT2D eigenvalue weighted by Crippen LogP contribution is 2.23. The van der Waals surface area contributed by atoms with E-state index in [1.807, 2.05) is 6.20 Å². The molecule has 3 nitrogen and oxygen atoms in total. The molecule has 1 saturated carbocycles. The van der Waals surface area contributed by atoms with Crippen molar-refractivity contribution in [1.29, 1.82) is 0 Å². The van der Waals surface area contributed by atoms with E-state index in [4.69, 9.17) is 0 Å². The number of aromatic nitrogens is 2. The van der Waals surface area contributed by atoms with Crippen LogP contribution in [-0.2, 0) is 13.1 Å². The lowest BCUT2D eigenvalue weighted by Crippen LogP contribution is -2.17. The largest absolute Gasteiger partial charge is 0.310 e. The van der Waals surface area contributed by atoms with Crippen LogP contribution < -0.4 is 5.32 Å².